The highest BCUT2D eigenvalue weighted by molar-refractivity contribution is 5.82. The van der Waals surface area contributed by atoms with Crippen molar-refractivity contribution in [3.8, 4) is 0 Å². The molecule has 1 atom stereocenters. The van der Waals surface area contributed by atoms with Crippen LogP contribution in [-0.4, -0.2) is 71.0 Å². The minimum absolute atomic E-state index is 0.233. The Bertz CT molecular complexity index is 278. The van der Waals surface area contributed by atoms with Crippen LogP contribution in [0.5, 0.6) is 0 Å². The zero-order valence-electron chi connectivity index (χ0n) is 9.55. The van der Waals surface area contributed by atoms with E-state index in [-0.39, 0.29) is 13.0 Å². The molecule has 0 aromatic rings. The number of alkyl halides is 2. The molecule has 0 aliphatic rings. The number of urea groups is 1. The van der Waals surface area contributed by atoms with E-state index in [9.17, 15) is 18.4 Å². The fraction of sp³-hybridized carbons (Fsp3) is 0.778. The van der Waals surface area contributed by atoms with E-state index in [1.54, 1.807) is 0 Å². The number of carbonyl (C=O) groups is 2. The summed E-state index contributed by atoms with van der Waals surface area (Å²) in [6.45, 7) is -2.22. The second-order valence-electron chi connectivity index (χ2n) is 3.41. The third-order valence-corrected chi connectivity index (χ3v) is 2.03. The molecule has 0 fully saturated rings. The van der Waals surface area contributed by atoms with Gasteiger partial charge in [0.15, 0.2) is 0 Å². The molecule has 0 spiro atoms. The lowest BCUT2D eigenvalue weighted by Crippen LogP contribution is -2.50. The van der Waals surface area contributed by atoms with Crippen LogP contribution in [0.4, 0.5) is 13.6 Å². The van der Waals surface area contributed by atoms with Gasteiger partial charge in [0.2, 0.25) is 0 Å². The second kappa shape index (κ2) is 8.59. The van der Waals surface area contributed by atoms with Crippen molar-refractivity contribution in [2.75, 3.05) is 26.3 Å². The lowest BCUT2D eigenvalue weighted by molar-refractivity contribution is -0.139. The van der Waals surface area contributed by atoms with Crippen molar-refractivity contribution in [3.05, 3.63) is 0 Å². The number of halogens is 2. The van der Waals surface area contributed by atoms with Gasteiger partial charge in [0, 0.05) is 19.6 Å². The Morgan fingerprint density at radius 3 is 2.22 bits per heavy atom. The molecule has 4 N–H and O–H groups in total. The topological polar surface area (TPSA) is 110 Å². The SMILES string of the molecule is O=C(O)[C@@H](CCO)NC(=O)N(CCO)CC(F)F. The molecule has 7 nitrogen and oxygen atoms in total. The van der Waals surface area contributed by atoms with Crippen LogP contribution in [0.15, 0.2) is 0 Å². The maximum absolute atomic E-state index is 12.2. The lowest BCUT2D eigenvalue weighted by atomic mass is 10.2. The van der Waals surface area contributed by atoms with E-state index in [0.29, 0.717) is 4.90 Å². The normalized spacial score (nSPS) is 12.3. The molecular weight excluding hydrogens is 254 g/mol. The molecule has 0 radical (unpaired) electrons. The van der Waals surface area contributed by atoms with Crippen molar-refractivity contribution in [3.63, 3.8) is 0 Å². The van der Waals surface area contributed by atoms with Gasteiger partial charge in [-0.1, -0.05) is 0 Å². The Morgan fingerprint density at radius 2 is 1.83 bits per heavy atom. The first-order chi connectivity index (χ1) is 8.42. The number of hydrogen-bond acceptors (Lipinski definition) is 4. The van der Waals surface area contributed by atoms with Gasteiger partial charge in [-0.3, -0.25) is 0 Å². The molecular formula is C9H16F2N2O5. The summed E-state index contributed by atoms with van der Waals surface area (Å²) in [5, 5.41) is 27.9. The highest BCUT2D eigenvalue weighted by Crippen LogP contribution is 2.00. The number of rotatable bonds is 8. The van der Waals surface area contributed by atoms with Crippen molar-refractivity contribution >= 4 is 12.0 Å². The Hall–Kier alpha value is -1.48. The zero-order valence-corrected chi connectivity index (χ0v) is 9.55. The maximum Gasteiger partial charge on any atom is 0.326 e. The second-order valence-corrected chi connectivity index (χ2v) is 3.41. The molecule has 0 aliphatic heterocycles. The van der Waals surface area contributed by atoms with Crippen LogP contribution in [0.25, 0.3) is 0 Å². The largest absolute Gasteiger partial charge is 0.480 e. The average Bonchev–Trinajstić information content (AvgIpc) is 2.27. The number of carboxylic acid groups (broad SMARTS) is 1. The molecule has 0 unspecified atom stereocenters. The van der Waals surface area contributed by atoms with Crippen LogP contribution >= 0.6 is 0 Å². The van der Waals surface area contributed by atoms with E-state index >= 15 is 0 Å². The van der Waals surface area contributed by atoms with Crippen LogP contribution in [0.2, 0.25) is 0 Å². The minimum Gasteiger partial charge on any atom is -0.480 e. The van der Waals surface area contributed by atoms with E-state index in [1.165, 1.54) is 0 Å². The van der Waals surface area contributed by atoms with Crippen molar-refractivity contribution in [1.29, 1.82) is 0 Å². The fourth-order valence-corrected chi connectivity index (χ4v) is 1.19. The molecule has 9 heteroatoms. The molecule has 0 bridgehead atoms. The highest BCUT2D eigenvalue weighted by atomic mass is 19.3. The van der Waals surface area contributed by atoms with Crippen molar-refractivity contribution < 1.29 is 33.7 Å². The molecule has 0 heterocycles. The molecule has 0 saturated heterocycles. The van der Waals surface area contributed by atoms with Crippen molar-refractivity contribution in [1.82, 2.24) is 10.2 Å². The van der Waals surface area contributed by atoms with Gasteiger partial charge in [-0.15, -0.1) is 0 Å². The predicted octanol–water partition coefficient (Wildman–Crippen LogP) is -0.909. The highest BCUT2D eigenvalue weighted by Gasteiger charge is 2.24. The van der Waals surface area contributed by atoms with Gasteiger partial charge < -0.3 is 25.5 Å². The summed E-state index contributed by atoms with van der Waals surface area (Å²) in [5.41, 5.74) is 0. The van der Waals surface area contributed by atoms with Gasteiger partial charge in [0.05, 0.1) is 13.2 Å². The third kappa shape index (κ3) is 6.30. The van der Waals surface area contributed by atoms with Crippen LogP contribution in [-0.2, 0) is 4.79 Å². The Balaban J connectivity index is 4.50. The number of carboxylic acids is 1. The number of aliphatic hydroxyl groups is 2. The summed E-state index contributed by atoms with van der Waals surface area (Å²) in [6.07, 6.45) is -3.02. The molecule has 0 aliphatic carbocycles. The molecule has 0 rings (SSSR count). The number of amides is 2. The number of nitrogens with one attached hydrogen (secondary N) is 1. The Kier molecular flexibility index (Phi) is 7.88. The van der Waals surface area contributed by atoms with E-state index in [0.717, 1.165) is 0 Å². The van der Waals surface area contributed by atoms with Crippen LogP contribution in [0.3, 0.4) is 0 Å². The van der Waals surface area contributed by atoms with Gasteiger partial charge in [-0.2, -0.15) is 0 Å². The van der Waals surface area contributed by atoms with Gasteiger partial charge in [0.25, 0.3) is 6.43 Å². The summed E-state index contributed by atoms with van der Waals surface area (Å²) in [4.78, 5) is 22.8. The number of nitrogens with zero attached hydrogens (tertiary/aromatic N) is 1. The lowest BCUT2D eigenvalue weighted by Gasteiger charge is -2.23. The number of aliphatic carboxylic acids is 1. The van der Waals surface area contributed by atoms with Crippen LogP contribution < -0.4 is 5.32 Å². The van der Waals surface area contributed by atoms with Gasteiger partial charge >= 0.3 is 12.0 Å². The average molecular weight is 270 g/mol. The Labute approximate surface area is 102 Å². The van der Waals surface area contributed by atoms with E-state index in [4.69, 9.17) is 15.3 Å². The summed E-state index contributed by atoms with van der Waals surface area (Å²) >= 11 is 0. The summed E-state index contributed by atoms with van der Waals surface area (Å²) < 4.78 is 24.3. The Morgan fingerprint density at radius 1 is 1.22 bits per heavy atom. The van der Waals surface area contributed by atoms with E-state index in [1.807, 2.05) is 5.32 Å². The molecule has 2 amide bonds. The number of aliphatic hydroxyl groups excluding tert-OH is 2. The van der Waals surface area contributed by atoms with Crippen molar-refractivity contribution in [2.24, 2.45) is 0 Å². The first kappa shape index (κ1) is 16.5. The smallest absolute Gasteiger partial charge is 0.326 e. The standard InChI is InChI=1S/C9H16F2N2O5/c10-7(11)5-13(2-4-15)9(18)12-6(1-3-14)8(16)17/h6-7,14-15H,1-5H2,(H,12,18)(H,16,17)/t6-/m1/s1. The minimum atomic E-state index is -2.79. The van der Waals surface area contributed by atoms with Gasteiger partial charge in [0.1, 0.15) is 6.04 Å². The monoisotopic (exact) mass is 270 g/mol. The predicted molar refractivity (Wildman–Crippen MR) is 56.3 cm³/mol. The van der Waals surface area contributed by atoms with Gasteiger partial charge in [-0.25, -0.2) is 18.4 Å². The third-order valence-electron chi connectivity index (χ3n) is 2.03. The number of hydrogen-bond donors (Lipinski definition) is 4. The number of carbonyl (C=O) groups excluding carboxylic acids is 1. The van der Waals surface area contributed by atoms with Gasteiger partial charge in [-0.05, 0) is 0 Å². The molecule has 18 heavy (non-hydrogen) atoms. The molecule has 0 aromatic carbocycles. The first-order valence-electron chi connectivity index (χ1n) is 5.20. The van der Waals surface area contributed by atoms with E-state index < -0.39 is 44.2 Å². The first-order valence-corrected chi connectivity index (χ1v) is 5.20. The van der Waals surface area contributed by atoms with E-state index in [2.05, 4.69) is 0 Å². The van der Waals surface area contributed by atoms with Crippen LogP contribution in [0.1, 0.15) is 6.42 Å². The zero-order chi connectivity index (χ0) is 14.1. The molecule has 0 aromatic heterocycles. The fourth-order valence-electron chi connectivity index (χ4n) is 1.19. The summed E-state index contributed by atoms with van der Waals surface area (Å²) in [6, 6.07) is -2.38. The van der Waals surface area contributed by atoms with Crippen LogP contribution in [0, 0.1) is 0 Å². The molecule has 0 saturated carbocycles. The molecule has 106 valence electrons. The summed E-state index contributed by atoms with van der Waals surface area (Å²) in [5.74, 6) is -1.38. The quantitative estimate of drug-likeness (QED) is 0.456. The van der Waals surface area contributed by atoms with Crippen molar-refractivity contribution in [2.45, 2.75) is 18.9 Å². The summed E-state index contributed by atoms with van der Waals surface area (Å²) in [7, 11) is 0. The maximum atomic E-state index is 12.2.